The third kappa shape index (κ3) is 4.92. The number of piperazine rings is 1. The number of rotatable bonds is 3. The number of hydrogen-bond donors (Lipinski definition) is 1. The fourth-order valence-corrected chi connectivity index (χ4v) is 2.66. The van der Waals surface area contributed by atoms with Crippen LogP contribution in [0.3, 0.4) is 0 Å². The minimum atomic E-state index is -0.00522. The molecule has 112 valence electrons. The number of nitrogens with one attached hydrogen (secondary N) is 1. The number of nitriles is 1. The van der Waals surface area contributed by atoms with Gasteiger partial charge in [0.2, 0.25) is 0 Å². The minimum absolute atomic E-state index is 0. The zero-order valence-corrected chi connectivity index (χ0v) is 13.8. The first-order valence-corrected chi connectivity index (χ1v) is 6.61. The summed E-state index contributed by atoms with van der Waals surface area (Å²) < 4.78 is 0. The summed E-state index contributed by atoms with van der Waals surface area (Å²) in [6, 6.07) is 5.80. The summed E-state index contributed by atoms with van der Waals surface area (Å²) in [6.45, 7) is 3.68. The third-order valence-electron chi connectivity index (χ3n) is 3.08. The van der Waals surface area contributed by atoms with Gasteiger partial charge in [-0.2, -0.15) is 5.26 Å². The van der Waals surface area contributed by atoms with Gasteiger partial charge >= 0.3 is 0 Å². The first-order valence-electron chi connectivity index (χ1n) is 5.86. The average Bonchev–Trinajstić information content (AvgIpc) is 2.38. The molecule has 0 unspecified atom stereocenters. The molecular formula is C12H16Cl4N4. The SMILES string of the molecule is Cl.Cl.N#CC[C@H](c1ccc(Cl)nc1Cl)N1CCNCC1. The van der Waals surface area contributed by atoms with Crippen molar-refractivity contribution in [2.45, 2.75) is 12.5 Å². The van der Waals surface area contributed by atoms with Crippen molar-refractivity contribution in [3.05, 3.63) is 28.0 Å². The molecule has 4 nitrogen and oxygen atoms in total. The van der Waals surface area contributed by atoms with Gasteiger partial charge in [-0.15, -0.1) is 24.8 Å². The summed E-state index contributed by atoms with van der Waals surface area (Å²) in [5, 5.41) is 13.0. The Morgan fingerprint density at radius 1 is 1.30 bits per heavy atom. The molecule has 0 bridgehead atoms. The maximum Gasteiger partial charge on any atom is 0.135 e. The Morgan fingerprint density at radius 3 is 2.50 bits per heavy atom. The van der Waals surface area contributed by atoms with E-state index in [1.54, 1.807) is 6.07 Å². The van der Waals surface area contributed by atoms with Crippen molar-refractivity contribution < 1.29 is 0 Å². The second kappa shape index (κ2) is 9.62. The van der Waals surface area contributed by atoms with Crippen LogP contribution in [0.5, 0.6) is 0 Å². The lowest BCUT2D eigenvalue weighted by Crippen LogP contribution is -2.45. The molecule has 1 saturated heterocycles. The lowest BCUT2D eigenvalue weighted by molar-refractivity contribution is 0.175. The normalized spacial score (nSPS) is 16.4. The van der Waals surface area contributed by atoms with Gasteiger partial charge < -0.3 is 5.32 Å². The molecule has 2 heterocycles. The van der Waals surface area contributed by atoms with Gasteiger partial charge in [-0.3, -0.25) is 4.90 Å². The van der Waals surface area contributed by atoms with E-state index in [0.29, 0.717) is 16.7 Å². The van der Waals surface area contributed by atoms with Crippen LogP contribution in [-0.4, -0.2) is 36.1 Å². The van der Waals surface area contributed by atoms with Crippen LogP contribution >= 0.6 is 48.0 Å². The van der Waals surface area contributed by atoms with E-state index in [9.17, 15) is 0 Å². The van der Waals surface area contributed by atoms with Crippen molar-refractivity contribution in [1.29, 1.82) is 5.26 Å². The molecular weight excluding hydrogens is 342 g/mol. The predicted molar refractivity (Wildman–Crippen MR) is 86.2 cm³/mol. The number of pyridine rings is 1. The molecule has 0 aliphatic carbocycles. The van der Waals surface area contributed by atoms with Crippen LogP contribution in [0.15, 0.2) is 12.1 Å². The molecule has 1 fully saturated rings. The summed E-state index contributed by atoms with van der Waals surface area (Å²) in [6.07, 6.45) is 0.406. The minimum Gasteiger partial charge on any atom is -0.314 e. The van der Waals surface area contributed by atoms with Crippen LogP contribution < -0.4 is 5.32 Å². The molecule has 0 radical (unpaired) electrons. The summed E-state index contributed by atoms with van der Waals surface area (Å²) in [5.41, 5.74) is 0.879. The second-order valence-electron chi connectivity index (χ2n) is 4.18. The van der Waals surface area contributed by atoms with Crippen LogP contribution in [-0.2, 0) is 0 Å². The average molecular weight is 358 g/mol. The van der Waals surface area contributed by atoms with E-state index in [1.165, 1.54) is 0 Å². The molecule has 1 aromatic rings. The highest BCUT2D eigenvalue weighted by Gasteiger charge is 2.24. The fraction of sp³-hybridized carbons (Fsp3) is 0.500. The maximum atomic E-state index is 8.99. The van der Waals surface area contributed by atoms with Gasteiger partial charge in [0, 0.05) is 31.7 Å². The number of nitrogens with zero attached hydrogens (tertiary/aromatic N) is 3. The first-order chi connectivity index (χ1) is 8.72. The number of aromatic nitrogens is 1. The van der Waals surface area contributed by atoms with E-state index < -0.39 is 0 Å². The van der Waals surface area contributed by atoms with Gasteiger partial charge in [0.15, 0.2) is 0 Å². The molecule has 1 aliphatic rings. The number of hydrogen-bond acceptors (Lipinski definition) is 4. The first kappa shape index (κ1) is 19.7. The molecule has 0 saturated carbocycles. The van der Waals surface area contributed by atoms with Gasteiger partial charge in [0.25, 0.3) is 0 Å². The van der Waals surface area contributed by atoms with E-state index in [-0.39, 0.29) is 30.9 Å². The predicted octanol–water partition coefficient (Wildman–Crippen LogP) is 3.09. The lowest BCUT2D eigenvalue weighted by atomic mass is 10.0. The smallest absolute Gasteiger partial charge is 0.135 e. The summed E-state index contributed by atoms with van der Waals surface area (Å²) in [4.78, 5) is 6.31. The highest BCUT2D eigenvalue weighted by atomic mass is 35.5. The van der Waals surface area contributed by atoms with Crippen LogP contribution in [0, 0.1) is 11.3 Å². The second-order valence-corrected chi connectivity index (χ2v) is 4.92. The summed E-state index contributed by atoms with van der Waals surface area (Å²) in [7, 11) is 0. The Bertz CT molecular complexity index is 457. The molecule has 1 N–H and O–H groups in total. The van der Waals surface area contributed by atoms with Crippen molar-refractivity contribution in [1.82, 2.24) is 15.2 Å². The van der Waals surface area contributed by atoms with Gasteiger partial charge in [0.05, 0.1) is 18.5 Å². The largest absolute Gasteiger partial charge is 0.314 e. The van der Waals surface area contributed by atoms with Crippen LogP contribution in [0.25, 0.3) is 0 Å². The van der Waals surface area contributed by atoms with E-state index >= 15 is 0 Å². The van der Waals surface area contributed by atoms with Crippen molar-refractivity contribution in [3.8, 4) is 6.07 Å². The van der Waals surface area contributed by atoms with Crippen molar-refractivity contribution in [2.24, 2.45) is 0 Å². The van der Waals surface area contributed by atoms with Crippen molar-refractivity contribution in [2.75, 3.05) is 26.2 Å². The molecule has 1 atom stereocenters. The Kier molecular flexibility index (Phi) is 9.48. The van der Waals surface area contributed by atoms with Crippen molar-refractivity contribution in [3.63, 3.8) is 0 Å². The van der Waals surface area contributed by atoms with Crippen molar-refractivity contribution >= 4 is 48.0 Å². The molecule has 2 rings (SSSR count). The molecule has 0 amide bonds. The van der Waals surface area contributed by atoms with Gasteiger partial charge in [0.1, 0.15) is 10.3 Å². The van der Waals surface area contributed by atoms with Crippen LogP contribution in [0.4, 0.5) is 0 Å². The topological polar surface area (TPSA) is 52.0 Å². The summed E-state index contributed by atoms with van der Waals surface area (Å²) >= 11 is 11.9. The lowest BCUT2D eigenvalue weighted by Gasteiger charge is -2.34. The quantitative estimate of drug-likeness (QED) is 0.844. The van der Waals surface area contributed by atoms with E-state index in [4.69, 9.17) is 28.5 Å². The third-order valence-corrected chi connectivity index (χ3v) is 3.59. The number of halogens is 4. The zero-order chi connectivity index (χ0) is 13.0. The van der Waals surface area contributed by atoms with E-state index in [0.717, 1.165) is 31.7 Å². The monoisotopic (exact) mass is 356 g/mol. The molecule has 1 aliphatic heterocycles. The van der Waals surface area contributed by atoms with Crippen LogP contribution in [0.2, 0.25) is 10.3 Å². The molecule has 8 heteroatoms. The highest BCUT2D eigenvalue weighted by Crippen LogP contribution is 2.30. The standard InChI is InChI=1S/C12H14Cl2N4.2ClH/c13-11-2-1-9(12(14)17-11)10(3-4-15)18-7-5-16-6-8-18;;/h1-2,10,16H,3,5-8H2;2*1H/t10-;;/m1../s1. The molecule has 0 aromatic carbocycles. The Labute approximate surface area is 141 Å². The molecule has 20 heavy (non-hydrogen) atoms. The summed E-state index contributed by atoms with van der Waals surface area (Å²) in [5.74, 6) is 0. The fourth-order valence-electron chi connectivity index (χ4n) is 2.19. The van der Waals surface area contributed by atoms with E-state index in [2.05, 4.69) is 21.3 Å². The highest BCUT2D eigenvalue weighted by molar-refractivity contribution is 6.32. The van der Waals surface area contributed by atoms with Gasteiger partial charge in [-0.05, 0) is 6.07 Å². The molecule has 1 aromatic heterocycles. The Balaban J connectivity index is 0.00000180. The zero-order valence-electron chi connectivity index (χ0n) is 10.7. The maximum absolute atomic E-state index is 8.99. The van der Waals surface area contributed by atoms with E-state index in [1.807, 2.05) is 6.07 Å². The molecule has 0 spiro atoms. The van der Waals surface area contributed by atoms with Gasteiger partial charge in [-0.1, -0.05) is 29.3 Å². The van der Waals surface area contributed by atoms with Gasteiger partial charge in [-0.25, -0.2) is 4.98 Å². The van der Waals surface area contributed by atoms with Crippen LogP contribution in [0.1, 0.15) is 18.0 Å². The Morgan fingerprint density at radius 2 is 1.95 bits per heavy atom. The Hall–Kier alpha value is -0.280.